The monoisotopic (exact) mass is 277 g/mol. The highest BCUT2D eigenvalue weighted by atomic mass is 16.5. The molecule has 0 amide bonds. The first-order valence-electron chi connectivity index (χ1n) is 8.70. The average molecular weight is 277 g/mol. The molecule has 1 aliphatic carbocycles. The van der Waals surface area contributed by atoms with Gasteiger partial charge in [-0.1, -0.05) is 19.3 Å². The van der Waals surface area contributed by atoms with E-state index in [9.17, 15) is 4.79 Å². The van der Waals surface area contributed by atoms with E-state index in [2.05, 4.69) is 5.32 Å². The second-order valence-electron chi connectivity index (χ2n) is 7.57. The lowest BCUT2D eigenvalue weighted by Crippen LogP contribution is -2.45. The number of rotatable bonds is 2. The molecule has 3 saturated heterocycles. The van der Waals surface area contributed by atoms with Gasteiger partial charge in [0, 0.05) is 30.5 Å². The standard InChI is InChI=1S/C17H27NO2/c19-16(14-10-13-4-5-15(14)18-13)12-6-9-20-17(11-12)7-2-1-3-8-17/h12-15,18H,1-11H2. The fraction of sp³-hybridized carbons (Fsp3) is 0.941. The second-order valence-corrected chi connectivity index (χ2v) is 7.57. The summed E-state index contributed by atoms with van der Waals surface area (Å²) >= 11 is 0. The molecule has 4 aliphatic rings. The molecule has 4 rings (SSSR count). The van der Waals surface area contributed by atoms with Crippen molar-refractivity contribution in [2.24, 2.45) is 11.8 Å². The van der Waals surface area contributed by atoms with Crippen LogP contribution < -0.4 is 5.32 Å². The van der Waals surface area contributed by atoms with Gasteiger partial charge in [-0.15, -0.1) is 0 Å². The third-order valence-electron chi connectivity index (χ3n) is 6.33. The minimum Gasteiger partial charge on any atom is -0.375 e. The number of carbonyl (C=O) groups excluding carboxylic acids is 1. The summed E-state index contributed by atoms with van der Waals surface area (Å²) in [5, 5.41) is 3.62. The average Bonchev–Trinajstić information content (AvgIpc) is 3.10. The molecular weight excluding hydrogens is 250 g/mol. The molecule has 3 nitrogen and oxygen atoms in total. The predicted octanol–water partition coefficient (Wildman–Crippen LogP) is 2.83. The number of Topliss-reactive ketones (excluding diaryl/α,β-unsaturated/α-hetero) is 1. The van der Waals surface area contributed by atoms with E-state index in [1.165, 1.54) is 44.9 Å². The lowest BCUT2D eigenvalue weighted by Gasteiger charge is -2.43. The van der Waals surface area contributed by atoms with Gasteiger partial charge in [0.25, 0.3) is 0 Å². The fourth-order valence-electron chi connectivity index (χ4n) is 5.26. The number of ketones is 1. The predicted molar refractivity (Wildman–Crippen MR) is 77.6 cm³/mol. The van der Waals surface area contributed by atoms with Crippen molar-refractivity contribution in [2.45, 2.75) is 81.9 Å². The van der Waals surface area contributed by atoms with Gasteiger partial charge in [0.15, 0.2) is 0 Å². The number of nitrogens with one attached hydrogen (secondary N) is 1. The van der Waals surface area contributed by atoms with Crippen molar-refractivity contribution in [2.75, 3.05) is 6.61 Å². The van der Waals surface area contributed by atoms with E-state index in [4.69, 9.17) is 4.74 Å². The molecule has 20 heavy (non-hydrogen) atoms. The molecule has 4 unspecified atom stereocenters. The molecule has 4 fully saturated rings. The number of fused-ring (bicyclic) bond motifs is 2. The smallest absolute Gasteiger partial charge is 0.140 e. The summed E-state index contributed by atoms with van der Waals surface area (Å²) in [5.74, 6) is 1.17. The van der Waals surface area contributed by atoms with Gasteiger partial charge in [0.05, 0.1) is 5.60 Å². The van der Waals surface area contributed by atoms with E-state index in [1.54, 1.807) is 0 Å². The summed E-state index contributed by atoms with van der Waals surface area (Å²) in [7, 11) is 0. The van der Waals surface area contributed by atoms with Crippen LogP contribution in [-0.4, -0.2) is 30.1 Å². The van der Waals surface area contributed by atoms with Crippen LogP contribution in [0.25, 0.3) is 0 Å². The van der Waals surface area contributed by atoms with Crippen LogP contribution in [0.2, 0.25) is 0 Å². The number of hydrogen-bond donors (Lipinski definition) is 1. The Balaban J connectivity index is 1.44. The summed E-state index contributed by atoms with van der Waals surface area (Å²) in [5.41, 5.74) is 0.0713. The SMILES string of the molecule is O=C(C1CCOC2(CCCCC2)C1)C1CC2CCC1N2. The Kier molecular flexibility index (Phi) is 3.38. The van der Waals surface area contributed by atoms with Gasteiger partial charge >= 0.3 is 0 Å². The second kappa shape index (κ2) is 5.10. The summed E-state index contributed by atoms with van der Waals surface area (Å²) in [6, 6.07) is 1.13. The van der Waals surface area contributed by atoms with Crippen molar-refractivity contribution in [1.82, 2.24) is 5.32 Å². The van der Waals surface area contributed by atoms with Crippen molar-refractivity contribution in [3.05, 3.63) is 0 Å². The molecule has 1 spiro atoms. The van der Waals surface area contributed by atoms with Gasteiger partial charge in [-0.3, -0.25) is 4.79 Å². The van der Waals surface area contributed by atoms with Crippen LogP contribution in [0, 0.1) is 11.8 Å². The number of hydrogen-bond acceptors (Lipinski definition) is 3. The highest BCUT2D eigenvalue weighted by Crippen LogP contribution is 2.43. The molecule has 0 aromatic rings. The first kappa shape index (κ1) is 13.3. The van der Waals surface area contributed by atoms with Crippen LogP contribution in [0.4, 0.5) is 0 Å². The van der Waals surface area contributed by atoms with Gasteiger partial charge in [-0.05, 0) is 44.9 Å². The highest BCUT2D eigenvalue weighted by molar-refractivity contribution is 5.85. The molecule has 0 aromatic carbocycles. The maximum atomic E-state index is 12.9. The number of ether oxygens (including phenoxy) is 1. The minimum absolute atomic E-state index is 0.0713. The van der Waals surface area contributed by atoms with Gasteiger partial charge in [-0.2, -0.15) is 0 Å². The summed E-state index contributed by atoms with van der Waals surface area (Å²) < 4.78 is 6.14. The van der Waals surface area contributed by atoms with Gasteiger partial charge in [-0.25, -0.2) is 0 Å². The topological polar surface area (TPSA) is 38.3 Å². The van der Waals surface area contributed by atoms with Crippen molar-refractivity contribution < 1.29 is 9.53 Å². The molecule has 1 N–H and O–H groups in total. The molecule has 0 aromatic heterocycles. The summed E-state index contributed by atoms with van der Waals surface area (Å²) in [6.07, 6.45) is 11.9. The first-order chi connectivity index (χ1) is 9.76. The van der Waals surface area contributed by atoms with Crippen LogP contribution in [0.1, 0.15) is 64.2 Å². The molecule has 1 saturated carbocycles. The van der Waals surface area contributed by atoms with Gasteiger partial charge in [0.2, 0.25) is 0 Å². The van der Waals surface area contributed by atoms with Crippen molar-refractivity contribution in [3.63, 3.8) is 0 Å². The van der Waals surface area contributed by atoms with Gasteiger partial charge in [0.1, 0.15) is 5.78 Å². The van der Waals surface area contributed by atoms with Crippen molar-refractivity contribution in [3.8, 4) is 0 Å². The zero-order chi connectivity index (χ0) is 13.6. The van der Waals surface area contributed by atoms with Crippen LogP contribution in [0.15, 0.2) is 0 Å². The molecule has 0 radical (unpaired) electrons. The van der Waals surface area contributed by atoms with Gasteiger partial charge < -0.3 is 10.1 Å². The Bertz CT molecular complexity index is 383. The van der Waals surface area contributed by atoms with Crippen molar-refractivity contribution >= 4 is 5.78 Å². The molecule has 3 aliphatic heterocycles. The van der Waals surface area contributed by atoms with E-state index < -0.39 is 0 Å². The number of carbonyl (C=O) groups is 1. The van der Waals surface area contributed by atoms with E-state index in [0.717, 1.165) is 25.9 Å². The van der Waals surface area contributed by atoms with Crippen LogP contribution in [-0.2, 0) is 9.53 Å². The lowest BCUT2D eigenvalue weighted by atomic mass is 9.71. The van der Waals surface area contributed by atoms with E-state index in [0.29, 0.717) is 23.8 Å². The molecular formula is C17H27NO2. The summed E-state index contributed by atoms with van der Waals surface area (Å²) in [4.78, 5) is 12.9. The third kappa shape index (κ3) is 2.23. The van der Waals surface area contributed by atoms with Crippen molar-refractivity contribution in [1.29, 1.82) is 0 Å². The quantitative estimate of drug-likeness (QED) is 0.843. The first-order valence-corrected chi connectivity index (χ1v) is 8.70. The van der Waals surface area contributed by atoms with E-state index in [-0.39, 0.29) is 11.5 Å². The molecule has 2 bridgehead atoms. The largest absolute Gasteiger partial charge is 0.375 e. The molecule has 3 heteroatoms. The lowest BCUT2D eigenvalue weighted by molar-refractivity contribution is -0.146. The maximum Gasteiger partial charge on any atom is 0.140 e. The Hall–Kier alpha value is -0.410. The fourth-order valence-corrected chi connectivity index (χ4v) is 5.26. The Morgan fingerprint density at radius 2 is 1.95 bits per heavy atom. The van der Waals surface area contributed by atoms with E-state index in [1.807, 2.05) is 0 Å². The van der Waals surface area contributed by atoms with Crippen LogP contribution in [0.3, 0.4) is 0 Å². The minimum atomic E-state index is 0.0713. The van der Waals surface area contributed by atoms with Crippen LogP contribution >= 0.6 is 0 Å². The zero-order valence-corrected chi connectivity index (χ0v) is 12.4. The zero-order valence-electron chi connectivity index (χ0n) is 12.4. The molecule has 4 atom stereocenters. The molecule has 3 heterocycles. The maximum absolute atomic E-state index is 12.9. The summed E-state index contributed by atoms with van der Waals surface area (Å²) in [6.45, 7) is 0.810. The molecule has 112 valence electrons. The Labute approximate surface area is 121 Å². The normalized spacial score (nSPS) is 43.0. The Morgan fingerprint density at radius 1 is 1.10 bits per heavy atom. The highest BCUT2D eigenvalue weighted by Gasteiger charge is 2.47. The Morgan fingerprint density at radius 3 is 2.65 bits per heavy atom. The van der Waals surface area contributed by atoms with E-state index >= 15 is 0 Å². The van der Waals surface area contributed by atoms with Crippen LogP contribution in [0.5, 0.6) is 0 Å². The third-order valence-corrected chi connectivity index (χ3v) is 6.33.